The van der Waals surface area contributed by atoms with Crippen LogP contribution >= 0.6 is 0 Å². The van der Waals surface area contributed by atoms with Crippen molar-refractivity contribution in [1.29, 1.82) is 0 Å². The van der Waals surface area contributed by atoms with E-state index in [9.17, 15) is 9.18 Å². The highest BCUT2D eigenvalue weighted by Crippen LogP contribution is 2.13. The third-order valence-corrected chi connectivity index (χ3v) is 3.39. The Kier molecular flexibility index (Phi) is 6.30. The van der Waals surface area contributed by atoms with Crippen molar-refractivity contribution >= 4 is 5.91 Å². The zero-order chi connectivity index (χ0) is 16.0. The summed E-state index contributed by atoms with van der Waals surface area (Å²) in [7, 11) is 1.89. The first-order valence-electron chi connectivity index (χ1n) is 7.14. The zero-order valence-electron chi connectivity index (χ0n) is 13.4. The van der Waals surface area contributed by atoms with Gasteiger partial charge in [0, 0.05) is 13.1 Å². The van der Waals surface area contributed by atoms with E-state index >= 15 is 0 Å². The Bertz CT molecular complexity index is 488. The predicted octanol–water partition coefficient (Wildman–Crippen LogP) is 1.67. The van der Waals surface area contributed by atoms with Crippen molar-refractivity contribution in [2.24, 2.45) is 11.1 Å². The average Bonchev–Trinajstić information content (AvgIpc) is 2.39. The smallest absolute Gasteiger partial charge is 0.234 e. The van der Waals surface area contributed by atoms with E-state index in [1.807, 2.05) is 18.0 Å². The van der Waals surface area contributed by atoms with E-state index in [0.29, 0.717) is 25.2 Å². The summed E-state index contributed by atoms with van der Waals surface area (Å²) in [4.78, 5) is 13.8. The molecule has 0 saturated heterocycles. The quantitative estimate of drug-likeness (QED) is 0.804. The molecule has 4 nitrogen and oxygen atoms in total. The van der Waals surface area contributed by atoms with Crippen LogP contribution < -0.4 is 11.1 Å². The van der Waals surface area contributed by atoms with Crippen molar-refractivity contribution in [1.82, 2.24) is 10.2 Å². The third-order valence-electron chi connectivity index (χ3n) is 3.39. The number of benzene rings is 1. The number of rotatable bonds is 7. The van der Waals surface area contributed by atoms with E-state index in [1.54, 1.807) is 13.0 Å². The fourth-order valence-corrected chi connectivity index (χ4v) is 2.10. The first-order chi connectivity index (χ1) is 9.73. The number of hydrogen-bond donors (Lipinski definition) is 2. The molecule has 0 heterocycles. The summed E-state index contributed by atoms with van der Waals surface area (Å²) < 4.78 is 13.4. The summed E-state index contributed by atoms with van der Waals surface area (Å²) in [6.07, 6.45) is 0. The van der Waals surface area contributed by atoms with Crippen LogP contribution in [0.1, 0.15) is 25.0 Å². The molecular formula is C16H26FN3O. The molecule has 21 heavy (non-hydrogen) atoms. The minimum atomic E-state index is -0.247. The van der Waals surface area contributed by atoms with Crippen molar-refractivity contribution in [3.05, 3.63) is 35.1 Å². The van der Waals surface area contributed by atoms with E-state index in [-0.39, 0.29) is 17.1 Å². The number of nitrogens with zero attached hydrogens (tertiary/aromatic N) is 1. The van der Waals surface area contributed by atoms with Crippen molar-refractivity contribution in [3.8, 4) is 0 Å². The molecule has 0 saturated carbocycles. The molecule has 0 aliphatic rings. The van der Waals surface area contributed by atoms with Gasteiger partial charge in [0.1, 0.15) is 5.82 Å². The fraction of sp³-hybridized carbons (Fsp3) is 0.562. The van der Waals surface area contributed by atoms with Crippen LogP contribution in [0, 0.1) is 18.2 Å². The monoisotopic (exact) mass is 295 g/mol. The van der Waals surface area contributed by atoms with Crippen LogP contribution in [0.4, 0.5) is 4.39 Å². The zero-order valence-corrected chi connectivity index (χ0v) is 13.4. The molecule has 0 atom stereocenters. The van der Waals surface area contributed by atoms with Crippen LogP contribution in [0.3, 0.4) is 0 Å². The maximum absolute atomic E-state index is 13.4. The van der Waals surface area contributed by atoms with Crippen molar-refractivity contribution in [2.75, 3.05) is 26.7 Å². The highest BCUT2D eigenvalue weighted by atomic mass is 19.1. The first-order valence-corrected chi connectivity index (χ1v) is 7.14. The Hall–Kier alpha value is -1.46. The normalized spacial score (nSPS) is 11.8. The maximum atomic E-state index is 13.4. The van der Waals surface area contributed by atoms with Gasteiger partial charge in [0.15, 0.2) is 0 Å². The lowest BCUT2D eigenvalue weighted by atomic mass is 9.93. The molecule has 0 aliphatic carbocycles. The number of hydrogen-bond acceptors (Lipinski definition) is 3. The number of aryl methyl sites for hydroxylation is 1. The van der Waals surface area contributed by atoms with Crippen LogP contribution in [-0.2, 0) is 11.3 Å². The maximum Gasteiger partial charge on any atom is 0.234 e. The molecule has 1 aromatic rings. The topological polar surface area (TPSA) is 58.4 Å². The Morgan fingerprint density at radius 1 is 1.43 bits per heavy atom. The van der Waals surface area contributed by atoms with Crippen molar-refractivity contribution < 1.29 is 9.18 Å². The summed E-state index contributed by atoms with van der Waals surface area (Å²) >= 11 is 0. The van der Waals surface area contributed by atoms with E-state index < -0.39 is 0 Å². The van der Waals surface area contributed by atoms with E-state index in [0.717, 1.165) is 12.1 Å². The van der Waals surface area contributed by atoms with Crippen LogP contribution in [0.2, 0.25) is 0 Å². The van der Waals surface area contributed by atoms with Gasteiger partial charge in [-0.25, -0.2) is 4.39 Å². The Labute approximate surface area is 126 Å². The molecule has 118 valence electrons. The molecule has 1 rings (SSSR count). The number of amides is 1. The lowest BCUT2D eigenvalue weighted by Crippen LogP contribution is -2.41. The highest BCUT2D eigenvalue weighted by molar-refractivity contribution is 5.77. The molecule has 0 radical (unpaired) electrons. The predicted molar refractivity (Wildman–Crippen MR) is 83.3 cm³/mol. The van der Waals surface area contributed by atoms with Crippen molar-refractivity contribution in [2.45, 2.75) is 27.3 Å². The second kappa shape index (κ2) is 7.52. The van der Waals surface area contributed by atoms with Gasteiger partial charge in [-0.3, -0.25) is 9.69 Å². The minimum absolute atomic E-state index is 0.0187. The molecule has 0 unspecified atom stereocenters. The van der Waals surface area contributed by atoms with E-state index in [4.69, 9.17) is 5.73 Å². The summed E-state index contributed by atoms with van der Waals surface area (Å²) in [6, 6.07) is 4.99. The van der Waals surface area contributed by atoms with Gasteiger partial charge < -0.3 is 11.1 Å². The van der Waals surface area contributed by atoms with Crippen LogP contribution in [0.15, 0.2) is 18.2 Å². The largest absolute Gasteiger partial charge is 0.351 e. The van der Waals surface area contributed by atoms with E-state index in [1.165, 1.54) is 6.07 Å². The Balaban J connectivity index is 2.42. The molecule has 0 aromatic heterocycles. The van der Waals surface area contributed by atoms with Gasteiger partial charge in [-0.05, 0) is 43.1 Å². The van der Waals surface area contributed by atoms with Crippen LogP contribution in [0.5, 0.6) is 0 Å². The number of carbonyl (C=O) groups is 1. The van der Waals surface area contributed by atoms with Crippen LogP contribution in [0.25, 0.3) is 0 Å². The second-order valence-electron chi connectivity index (χ2n) is 6.40. The molecule has 5 heteroatoms. The van der Waals surface area contributed by atoms with Gasteiger partial charge in [-0.1, -0.05) is 26.0 Å². The average molecular weight is 295 g/mol. The third kappa shape index (κ3) is 6.23. The summed E-state index contributed by atoms with van der Waals surface area (Å²) in [6.45, 7) is 7.80. The highest BCUT2D eigenvalue weighted by Gasteiger charge is 2.19. The van der Waals surface area contributed by atoms with Gasteiger partial charge in [-0.15, -0.1) is 0 Å². The molecule has 0 spiro atoms. The van der Waals surface area contributed by atoms with Crippen molar-refractivity contribution in [3.63, 3.8) is 0 Å². The van der Waals surface area contributed by atoms with Gasteiger partial charge >= 0.3 is 0 Å². The number of nitrogens with one attached hydrogen (secondary N) is 1. The summed E-state index contributed by atoms with van der Waals surface area (Å²) in [5.41, 5.74) is 7.03. The molecule has 3 N–H and O–H groups in total. The Morgan fingerprint density at radius 2 is 2.10 bits per heavy atom. The standard InChI is InChI=1S/C16H26FN3O/c1-12-5-6-13(7-14(12)17)8-19-15(21)9-20(4)11-16(2,3)10-18/h5-7H,8-11,18H2,1-4H3,(H,19,21). The number of carbonyl (C=O) groups excluding carboxylic acids is 1. The number of likely N-dealkylation sites (N-methyl/N-ethyl adjacent to an activating group) is 1. The fourth-order valence-electron chi connectivity index (χ4n) is 2.10. The second-order valence-corrected chi connectivity index (χ2v) is 6.40. The molecule has 0 fully saturated rings. The molecular weight excluding hydrogens is 269 g/mol. The SMILES string of the molecule is Cc1ccc(CNC(=O)CN(C)CC(C)(C)CN)cc1F. The first kappa shape index (κ1) is 17.6. The summed E-state index contributed by atoms with van der Waals surface area (Å²) in [5.74, 6) is -0.324. The van der Waals surface area contributed by atoms with Gasteiger partial charge in [-0.2, -0.15) is 0 Å². The van der Waals surface area contributed by atoms with E-state index in [2.05, 4.69) is 19.2 Å². The minimum Gasteiger partial charge on any atom is -0.351 e. The lowest BCUT2D eigenvalue weighted by Gasteiger charge is -2.28. The number of nitrogens with two attached hydrogens (primary N) is 1. The molecule has 1 amide bonds. The lowest BCUT2D eigenvalue weighted by molar-refractivity contribution is -0.122. The molecule has 0 aliphatic heterocycles. The summed E-state index contributed by atoms with van der Waals surface area (Å²) in [5, 5.41) is 2.80. The van der Waals surface area contributed by atoms with Gasteiger partial charge in [0.25, 0.3) is 0 Å². The van der Waals surface area contributed by atoms with Gasteiger partial charge in [0.2, 0.25) is 5.91 Å². The van der Waals surface area contributed by atoms with Crippen LogP contribution in [-0.4, -0.2) is 37.5 Å². The van der Waals surface area contributed by atoms with Gasteiger partial charge in [0.05, 0.1) is 6.54 Å². The Morgan fingerprint density at radius 3 is 2.67 bits per heavy atom. The molecule has 0 bridgehead atoms. The number of halogens is 1. The molecule has 1 aromatic carbocycles.